The summed E-state index contributed by atoms with van der Waals surface area (Å²) in [5.74, 6) is -0.324. The highest BCUT2D eigenvalue weighted by Gasteiger charge is 2.08. The Hall–Kier alpha value is -2.23. The van der Waals surface area contributed by atoms with Crippen LogP contribution in [0.25, 0.3) is 10.9 Å². The number of aromatic nitrogens is 1. The van der Waals surface area contributed by atoms with E-state index in [-0.39, 0.29) is 5.97 Å². The maximum atomic E-state index is 11.5. The van der Waals surface area contributed by atoms with Crippen molar-refractivity contribution < 1.29 is 9.53 Å². The molecule has 21 heavy (non-hydrogen) atoms. The zero-order valence-electron chi connectivity index (χ0n) is 13.3. The number of hydrogen-bond acceptors (Lipinski definition) is 3. The first-order chi connectivity index (χ1) is 9.92. The molecule has 0 bridgehead atoms. The Morgan fingerprint density at radius 2 is 2.05 bits per heavy atom. The third-order valence-corrected chi connectivity index (χ3v) is 3.61. The van der Waals surface area contributed by atoms with Crippen molar-refractivity contribution in [2.45, 2.75) is 34.6 Å². The van der Waals surface area contributed by atoms with Crippen molar-refractivity contribution in [2.75, 3.05) is 11.9 Å². The lowest BCUT2D eigenvalue weighted by Gasteiger charge is -2.10. The summed E-state index contributed by atoms with van der Waals surface area (Å²) < 4.78 is 4.91. The monoisotopic (exact) mass is 286 g/mol. The van der Waals surface area contributed by atoms with Crippen LogP contribution in [0, 0.1) is 20.8 Å². The van der Waals surface area contributed by atoms with Crippen LogP contribution in [-0.2, 0) is 9.53 Å². The van der Waals surface area contributed by atoms with Crippen molar-refractivity contribution in [1.29, 1.82) is 0 Å². The van der Waals surface area contributed by atoms with Crippen LogP contribution in [0.2, 0.25) is 0 Å². The fourth-order valence-electron chi connectivity index (χ4n) is 2.36. The van der Waals surface area contributed by atoms with Crippen molar-refractivity contribution in [2.24, 2.45) is 0 Å². The molecule has 1 heterocycles. The molecule has 0 amide bonds. The Kier molecular flexibility index (Phi) is 4.36. The van der Waals surface area contributed by atoms with E-state index in [0.717, 1.165) is 22.5 Å². The second kappa shape index (κ2) is 6.04. The molecule has 2 N–H and O–H groups in total. The highest BCUT2D eigenvalue weighted by atomic mass is 16.5. The summed E-state index contributed by atoms with van der Waals surface area (Å²) in [5.41, 5.74) is 6.46. The summed E-state index contributed by atoms with van der Waals surface area (Å²) in [5, 5.41) is 4.47. The molecule has 2 aromatic rings. The largest absolute Gasteiger partial charge is 0.463 e. The number of ether oxygens (including phenoxy) is 1. The quantitative estimate of drug-likeness (QED) is 0.660. The topological polar surface area (TPSA) is 54.1 Å². The Bertz CT molecular complexity index is 711. The first-order valence-electron chi connectivity index (χ1n) is 7.14. The number of carbonyl (C=O) groups is 1. The number of allylic oxidation sites excluding steroid dienone is 1. The molecule has 1 aromatic carbocycles. The molecular formula is C17H22N2O2. The molecular weight excluding hydrogens is 264 g/mol. The molecule has 4 heteroatoms. The number of nitrogens with one attached hydrogen (secondary N) is 2. The Labute approximate surface area is 125 Å². The summed E-state index contributed by atoms with van der Waals surface area (Å²) in [7, 11) is 0. The normalized spacial score (nSPS) is 11.8. The number of anilines is 1. The molecule has 4 nitrogen and oxygen atoms in total. The van der Waals surface area contributed by atoms with E-state index in [4.69, 9.17) is 4.74 Å². The van der Waals surface area contributed by atoms with E-state index in [1.54, 1.807) is 6.92 Å². The van der Waals surface area contributed by atoms with Gasteiger partial charge in [0.15, 0.2) is 0 Å². The Morgan fingerprint density at radius 1 is 1.33 bits per heavy atom. The van der Waals surface area contributed by atoms with Gasteiger partial charge in [0.2, 0.25) is 0 Å². The Balaban J connectivity index is 2.32. The number of fused-ring (bicyclic) bond motifs is 1. The summed E-state index contributed by atoms with van der Waals surface area (Å²) in [6.45, 7) is 10.3. The molecule has 0 radical (unpaired) electrons. The molecule has 0 atom stereocenters. The SMILES string of the molecule is CCOC(=O)/C=C(/C)Nc1cc2c(C)c(C)[nH]c2cc1C. The van der Waals surface area contributed by atoms with E-state index in [1.807, 2.05) is 13.8 Å². The smallest absolute Gasteiger partial charge is 0.332 e. The molecule has 0 saturated carbocycles. The summed E-state index contributed by atoms with van der Waals surface area (Å²) in [4.78, 5) is 14.8. The molecule has 1 aromatic heterocycles. The maximum Gasteiger partial charge on any atom is 0.332 e. The number of benzene rings is 1. The van der Waals surface area contributed by atoms with Crippen molar-refractivity contribution in [3.63, 3.8) is 0 Å². The lowest BCUT2D eigenvalue weighted by Crippen LogP contribution is -2.05. The molecule has 0 unspecified atom stereocenters. The Morgan fingerprint density at radius 3 is 2.71 bits per heavy atom. The number of aromatic amines is 1. The second-order valence-electron chi connectivity index (χ2n) is 5.29. The molecule has 2 rings (SSSR count). The molecule has 0 spiro atoms. The van der Waals surface area contributed by atoms with Crippen LogP contribution >= 0.6 is 0 Å². The molecule has 0 fully saturated rings. The molecule has 112 valence electrons. The van der Waals surface area contributed by atoms with E-state index in [1.165, 1.54) is 22.7 Å². The molecule has 0 aliphatic heterocycles. The van der Waals surface area contributed by atoms with Gasteiger partial charge in [0.1, 0.15) is 0 Å². The number of H-pyrrole nitrogens is 1. The predicted molar refractivity (Wildman–Crippen MR) is 86.5 cm³/mol. The van der Waals surface area contributed by atoms with Crippen molar-refractivity contribution in [3.8, 4) is 0 Å². The van der Waals surface area contributed by atoms with Crippen LogP contribution in [0.3, 0.4) is 0 Å². The fraction of sp³-hybridized carbons (Fsp3) is 0.353. The average Bonchev–Trinajstić information content (AvgIpc) is 2.66. The molecule has 0 aliphatic rings. The zero-order chi connectivity index (χ0) is 15.6. The summed E-state index contributed by atoms with van der Waals surface area (Å²) in [6.07, 6.45) is 1.47. The lowest BCUT2D eigenvalue weighted by atomic mass is 10.1. The van der Waals surface area contributed by atoms with Crippen molar-refractivity contribution >= 4 is 22.6 Å². The fourth-order valence-corrected chi connectivity index (χ4v) is 2.36. The minimum atomic E-state index is -0.324. The third-order valence-electron chi connectivity index (χ3n) is 3.61. The number of aryl methyl sites for hydroxylation is 3. The molecule has 0 aliphatic carbocycles. The van der Waals surface area contributed by atoms with Crippen LogP contribution in [0.5, 0.6) is 0 Å². The summed E-state index contributed by atoms with van der Waals surface area (Å²) in [6, 6.07) is 4.24. The van der Waals surface area contributed by atoms with Gasteiger partial charge >= 0.3 is 5.97 Å². The highest BCUT2D eigenvalue weighted by Crippen LogP contribution is 2.28. The number of hydrogen-bond donors (Lipinski definition) is 2. The number of carbonyl (C=O) groups excluding carboxylic acids is 1. The van der Waals surface area contributed by atoms with Gasteiger partial charge in [-0.2, -0.15) is 0 Å². The van der Waals surface area contributed by atoms with Gasteiger partial charge in [0.25, 0.3) is 0 Å². The zero-order valence-corrected chi connectivity index (χ0v) is 13.3. The van der Waals surface area contributed by atoms with Gasteiger partial charge in [0.05, 0.1) is 6.61 Å². The van der Waals surface area contributed by atoms with Crippen molar-refractivity contribution in [1.82, 2.24) is 4.98 Å². The van der Waals surface area contributed by atoms with Gasteiger partial charge in [-0.3, -0.25) is 0 Å². The summed E-state index contributed by atoms with van der Waals surface area (Å²) >= 11 is 0. The van der Waals surface area contributed by atoms with Crippen LogP contribution < -0.4 is 5.32 Å². The average molecular weight is 286 g/mol. The van der Waals surface area contributed by atoms with Gasteiger partial charge < -0.3 is 15.0 Å². The van der Waals surface area contributed by atoms with E-state index >= 15 is 0 Å². The third kappa shape index (κ3) is 3.27. The van der Waals surface area contributed by atoms with Gasteiger partial charge in [-0.15, -0.1) is 0 Å². The van der Waals surface area contributed by atoms with E-state index in [0.29, 0.717) is 6.61 Å². The minimum Gasteiger partial charge on any atom is -0.463 e. The standard InChI is InChI=1S/C17H22N2O2/c1-6-21-17(20)8-11(3)18-15-9-14-12(4)13(5)19-16(14)7-10(15)2/h7-9,18-19H,6H2,1-5H3/b11-8-. The maximum absolute atomic E-state index is 11.5. The minimum absolute atomic E-state index is 0.324. The van der Waals surface area contributed by atoms with E-state index < -0.39 is 0 Å². The lowest BCUT2D eigenvalue weighted by molar-refractivity contribution is -0.137. The predicted octanol–water partition coefficient (Wildman–Crippen LogP) is 3.97. The van der Waals surface area contributed by atoms with Gasteiger partial charge in [-0.05, 0) is 57.9 Å². The van der Waals surface area contributed by atoms with Crippen LogP contribution in [0.4, 0.5) is 5.69 Å². The number of esters is 1. The van der Waals surface area contributed by atoms with Crippen LogP contribution in [-0.4, -0.2) is 17.6 Å². The second-order valence-corrected chi connectivity index (χ2v) is 5.29. The van der Waals surface area contributed by atoms with Crippen LogP contribution in [0.15, 0.2) is 23.9 Å². The van der Waals surface area contributed by atoms with Gasteiger partial charge in [-0.25, -0.2) is 4.79 Å². The van der Waals surface area contributed by atoms with Crippen LogP contribution in [0.1, 0.15) is 30.7 Å². The van der Waals surface area contributed by atoms with E-state index in [9.17, 15) is 4.79 Å². The first-order valence-corrected chi connectivity index (χ1v) is 7.14. The first kappa shape index (κ1) is 15.2. The van der Waals surface area contributed by atoms with Gasteiger partial charge in [-0.1, -0.05) is 0 Å². The van der Waals surface area contributed by atoms with E-state index in [2.05, 4.69) is 36.3 Å². The van der Waals surface area contributed by atoms with Gasteiger partial charge in [0, 0.05) is 34.1 Å². The highest BCUT2D eigenvalue weighted by molar-refractivity contribution is 5.89. The number of rotatable bonds is 4. The van der Waals surface area contributed by atoms with Crippen molar-refractivity contribution in [3.05, 3.63) is 40.7 Å². The molecule has 0 saturated heterocycles.